The summed E-state index contributed by atoms with van der Waals surface area (Å²) in [5.74, 6) is 0.922. The van der Waals surface area contributed by atoms with Gasteiger partial charge in [-0.2, -0.15) is 0 Å². The van der Waals surface area contributed by atoms with Gasteiger partial charge in [-0.3, -0.25) is 0 Å². The Morgan fingerprint density at radius 1 is 1.00 bits per heavy atom. The van der Waals surface area contributed by atoms with E-state index in [0.29, 0.717) is 0 Å². The van der Waals surface area contributed by atoms with Gasteiger partial charge in [-0.05, 0) is 46.5 Å². The second-order valence-electron chi connectivity index (χ2n) is 5.93. The number of nitrogens with zero attached hydrogens (tertiary/aromatic N) is 1. The molecule has 1 saturated heterocycles. The van der Waals surface area contributed by atoms with Crippen molar-refractivity contribution in [2.45, 2.75) is 72.0 Å². The molecule has 1 fully saturated rings. The van der Waals surface area contributed by atoms with E-state index >= 15 is 0 Å². The van der Waals surface area contributed by atoms with Crippen LogP contribution in [0.15, 0.2) is 0 Å². The van der Waals surface area contributed by atoms with E-state index in [9.17, 15) is 0 Å². The van der Waals surface area contributed by atoms with E-state index in [4.69, 9.17) is 0 Å². The first-order chi connectivity index (χ1) is 6.39. The maximum Gasteiger partial charge on any atom is 0.0866 e. The van der Waals surface area contributed by atoms with E-state index in [2.05, 4.69) is 41.7 Å². The molecule has 4 unspecified atom stereocenters. The summed E-state index contributed by atoms with van der Waals surface area (Å²) in [7, 11) is 2.46. The second-order valence-corrected chi connectivity index (χ2v) is 5.93. The van der Waals surface area contributed by atoms with Crippen molar-refractivity contribution >= 4 is 0 Å². The minimum absolute atomic E-state index is 0.755. The lowest BCUT2D eigenvalue weighted by Crippen LogP contribution is -2.59. The standard InChI is InChI=1S/C13H28N/c1-10(2)14(6)12(4)8-7-11(3)9-13(14)5/h10-13H,7-9H2,1-6H3/q+1. The summed E-state index contributed by atoms with van der Waals surface area (Å²) in [6, 6.07) is 2.41. The third kappa shape index (κ3) is 1.98. The fourth-order valence-corrected chi connectivity index (χ4v) is 3.18. The Hall–Kier alpha value is -0.0400. The molecule has 0 saturated carbocycles. The zero-order valence-corrected chi connectivity index (χ0v) is 10.9. The highest BCUT2D eigenvalue weighted by atomic mass is 15.4. The third-order valence-electron chi connectivity index (χ3n) is 4.83. The van der Waals surface area contributed by atoms with Crippen LogP contribution in [0.2, 0.25) is 0 Å². The Kier molecular flexibility index (Phi) is 3.63. The molecule has 14 heavy (non-hydrogen) atoms. The number of rotatable bonds is 1. The van der Waals surface area contributed by atoms with Crippen LogP contribution >= 0.6 is 0 Å². The fourth-order valence-electron chi connectivity index (χ4n) is 3.18. The summed E-state index contributed by atoms with van der Waals surface area (Å²) in [4.78, 5) is 0. The van der Waals surface area contributed by atoms with Gasteiger partial charge in [0.25, 0.3) is 0 Å². The highest BCUT2D eigenvalue weighted by molar-refractivity contribution is 4.71. The summed E-state index contributed by atoms with van der Waals surface area (Å²) >= 11 is 0. The molecule has 1 aliphatic rings. The number of hydrogen-bond acceptors (Lipinski definition) is 0. The van der Waals surface area contributed by atoms with Gasteiger partial charge in [0.2, 0.25) is 0 Å². The molecule has 0 amide bonds. The van der Waals surface area contributed by atoms with Gasteiger partial charge >= 0.3 is 0 Å². The van der Waals surface area contributed by atoms with Crippen molar-refractivity contribution in [2.75, 3.05) is 7.05 Å². The molecule has 0 spiro atoms. The van der Waals surface area contributed by atoms with Crippen LogP contribution in [-0.2, 0) is 0 Å². The minimum atomic E-state index is 0.755. The van der Waals surface area contributed by atoms with E-state index in [0.717, 1.165) is 24.0 Å². The number of likely N-dealkylation sites (tertiary alicyclic amines) is 1. The lowest BCUT2D eigenvalue weighted by atomic mass is 9.99. The smallest absolute Gasteiger partial charge is 0.0866 e. The van der Waals surface area contributed by atoms with E-state index in [1.54, 1.807) is 0 Å². The lowest BCUT2D eigenvalue weighted by Gasteiger charge is -2.47. The quantitative estimate of drug-likeness (QED) is 0.566. The van der Waals surface area contributed by atoms with Gasteiger partial charge in [-0.15, -0.1) is 0 Å². The maximum absolute atomic E-state index is 2.46. The zero-order chi connectivity index (χ0) is 10.9. The molecule has 1 heterocycles. The normalized spacial score (nSPS) is 45.2. The van der Waals surface area contributed by atoms with Gasteiger partial charge in [0.05, 0.1) is 25.2 Å². The van der Waals surface area contributed by atoms with Crippen molar-refractivity contribution in [1.82, 2.24) is 0 Å². The molecule has 84 valence electrons. The van der Waals surface area contributed by atoms with E-state index in [1.165, 1.54) is 23.7 Å². The predicted molar refractivity (Wildman–Crippen MR) is 63.3 cm³/mol. The zero-order valence-electron chi connectivity index (χ0n) is 10.9. The van der Waals surface area contributed by atoms with Crippen LogP contribution in [0, 0.1) is 5.92 Å². The SMILES string of the molecule is CC1CCC(C)[N+](C)(C(C)C)C(C)C1. The monoisotopic (exact) mass is 198 g/mol. The molecule has 4 atom stereocenters. The highest BCUT2D eigenvalue weighted by Crippen LogP contribution is 2.33. The average molecular weight is 198 g/mol. The first kappa shape index (κ1) is 12.0. The Bertz CT molecular complexity index is 188. The van der Waals surface area contributed by atoms with Crippen molar-refractivity contribution in [3.05, 3.63) is 0 Å². The average Bonchev–Trinajstić information content (AvgIpc) is 2.19. The molecular formula is C13H28N+. The Morgan fingerprint density at radius 3 is 2.07 bits per heavy atom. The molecule has 1 rings (SSSR count). The number of quaternary nitrogens is 1. The highest BCUT2D eigenvalue weighted by Gasteiger charge is 2.40. The van der Waals surface area contributed by atoms with Crippen LogP contribution in [-0.4, -0.2) is 29.7 Å². The van der Waals surface area contributed by atoms with Crippen LogP contribution in [0.3, 0.4) is 0 Å². The molecule has 1 heteroatoms. The first-order valence-electron chi connectivity index (χ1n) is 6.24. The van der Waals surface area contributed by atoms with Crippen LogP contribution < -0.4 is 0 Å². The van der Waals surface area contributed by atoms with E-state index in [-0.39, 0.29) is 0 Å². The van der Waals surface area contributed by atoms with Crippen LogP contribution in [0.5, 0.6) is 0 Å². The largest absolute Gasteiger partial charge is 0.320 e. The summed E-state index contributed by atoms with van der Waals surface area (Å²) in [6.07, 6.45) is 4.23. The van der Waals surface area contributed by atoms with Crippen molar-refractivity contribution in [1.29, 1.82) is 0 Å². The third-order valence-corrected chi connectivity index (χ3v) is 4.83. The maximum atomic E-state index is 2.46. The van der Waals surface area contributed by atoms with Crippen LogP contribution in [0.4, 0.5) is 0 Å². The molecule has 0 aliphatic carbocycles. The number of hydrogen-bond donors (Lipinski definition) is 0. The molecule has 0 N–H and O–H groups in total. The molecule has 0 aromatic rings. The van der Waals surface area contributed by atoms with Gasteiger partial charge in [-0.25, -0.2) is 0 Å². The van der Waals surface area contributed by atoms with Crippen molar-refractivity contribution in [3.63, 3.8) is 0 Å². The Balaban J connectivity index is 2.88. The Labute approximate surface area is 90.1 Å². The molecule has 0 aromatic carbocycles. The molecular weight excluding hydrogens is 170 g/mol. The van der Waals surface area contributed by atoms with Crippen molar-refractivity contribution < 1.29 is 4.48 Å². The first-order valence-corrected chi connectivity index (χ1v) is 6.24. The topological polar surface area (TPSA) is 0 Å². The molecule has 1 nitrogen and oxygen atoms in total. The summed E-state index contributed by atoms with van der Waals surface area (Å²) in [5.41, 5.74) is 0. The van der Waals surface area contributed by atoms with Crippen molar-refractivity contribution in [2.24, 2.45) is 5.92 Å². The van der Waals surface area contributed by atoms with E-state index < -0.39 is 0 Å². The van der Waals surface area contributed by atoms with Gasteiger partial charge < -0.3 is 4.48 Å². The molecule has 1 aliphatic heterocycles. The van der Waals surface area contributed by atoms with Gasteiger partial charge in [-0.1, -0.05) is 6.92 Å². The molecule has 0 aromatic heterocycles. The summed E-state index contributed by atoms with van der Waals surface area (Å²) < 4.78 is 1.27. The fraction of sp³-hybridized carbons (Fsp3) is 1.00. The Morgan fingerprint density at radius 2 is 1.57 bits per heavy atom. The van der Waals surface area contributed by atoms with Gasteiger partial charge in [0, 0.05) is 6.42 Å². The van der Waals surface area contributed by atoms with Crippen LogP contribution in [0.25, 0.3) is 0 Å². The van der Waals surface area contributed by atoms with Crippen LogP contribution in [0.1, 0.15) is 53.9 Å². The summed E-state index contributed by atoms with van der Waals surface area (Å²) in [6.45, 7) is 12.1. The van der Waals surface area contributed by atoms with Gasteiger partial charge in [0.15, 0.2) is 0 Å². The van der Waals surface area contributed by atoms with Crippen molar-refractivity contribution in [3.8, 4) is 0 Å². The lowest BCUT2D eigenvalue weighted by molar-refractivity contribution is -0.971. The molecule has 0 bridgehead atoms. The predicted octanol–water partition coefficient (Wildman–Crippen LogP) is 3.44. The molecule has 0 radical (unpaired) electrons. The van der Waals surface area contributed by atoms with E-state index in [1.807, 2.05) is 0 Å². The second kappa shape index (κ2) is 4.22. The minimum Gasteiger partial charge on any atom is -0.320 e. The summed E-state index contributed by atoms with van der Waals surface area (Å²) in [5, 5.41) is 0. The van der Waals surface area contributed by atoms with Gasteiger partial charge in [0.1, 0.15) is 0 Å².